The monoisotopic (exact) mass is 469 g/mol. The smallest absolute Gasteiger partial charge is 0.336 e. The van der Waals surface area contributed by atoms with E-state index in [0.29, 0.717) is 29.9 Å². The molecule has 8 heteroatoms. The third-order valence-electron chi connectivity index (χ3n) is 5.24. The average Bonchev–Trinajstić information content (AvgIpc) is 3.19. The second-order valence-electron chi connectivity index (χ2n) is 9.09. The van der Waals surface area contributed by atoms with Crippen LogP contribution in [0.25, 0.3) is 0 Å². The predicted molar refractivity (Wildman–Crippen MR) is 126 cm³/mol. The molecule has 2 N–H and O–H groups in total. The zero-order chi connectivity index (χ0) is 24.8. The number of hydrogen-bond donors (Lipinski definition) is 2. The Morgan fingerprint density at radius 3 is 2.35 bits per heavy atom. The van der Waals surface area contributed by atoms with E-state index in [1.807, 2.05) is 6.07 Å². The maximum absolute atomic E-state index is 12.6. The fraction of sp³-hybridized carbons (Fsp3) is 0.423. The minimum Gasteiger partial charge on any atom is -0.494 e. The maximum atomic E-state index is 12.6. The second kappa shape index (κ2) is 10.7. The molecule has 1 aliphatic heterocycles. The van der Waals surface area contributed by atoms with Gasteiger partial charge in [0.2, 0.25) is 11.4 Å². The molecular formula is C26H31NO7. The zero-order valence-corrected chi connectivity index (χ0v) is 19.7. The summed E-state index contributed by atoms with van der Waals surface area (Å²) in [6, 6.07) is 15.9. The molecule has 182 valence electrons. The highest BCUT2D eigenvalue weighted by Gasteiger charge is 2.53. The summed E-state index contributed by atoms with van der Waals surface area (Å²) in [6.07, 6.45) is -0.591. The van der Waals surface area contributed by atoms with Gasteiger partial charge in [-0.2, -0.15) is 0 Å². The molecule has 0 bridgehead atoms. The van der Waals surface area contributed by atoms with Gasteiger partial charge >= 0.3 is 11.9 Å². The summed E-state index contributed by atoms with van der Waals surface area (Å²) >= 11 is 0. The van der Waals surface area contributed by atoms with Crippen LogP contribution in [-0.2, 0) is 19.1 Å². The molecule has 2 aromatic carbocycles. The van der Waals surface area contributed by atoms with Crippen LogP contribution in [-0.4, -0.2) is 52.4 Å². The molecule has 0 saturated heterocycles. The van der Waals surface area contributed by atoms with Crippen molar-refractivity contribution in [3.8, 4) is 5.75 Å². The lowest BCUT2D eigenvalue weighted by Gasteiger charge is -2.28. The van der Waals surface area contributed by atoms with Gasteiger partial charge in [-0.3, -0.25) is 4.79 Å². The lowest BCUT2D eigenvalue weighted by Crippen LogP contribution is -2.41. The number of ether oxygens (including phenoxy) is 3. The predicted octanol–water partition coefficient (Wildman–Crippen LogP) is 3.91. The number of aliphatic hydroxyl groups excluding tert-OH is 1. The van der Waals surface area contributed by atoms with E-state index in [1.54, 1.807) is 69.3 Å². The molecule has 3 rings (SSSR count). The molecule has 0 amide bonds. The number of benzene rings is 2. The van der Waals surface area contributed by atoms with Gasteiger partial charge in [0.05, 0.1) is 6.61 Å². The lowest BCUT2D eigenvalue weighted by atomic mass is 9.84. The first-order valence-electron chi connectivity index (χ1n) is 11.3. The van der Waals surface area contributed by atoms with E-state index < -0.39 is 29.2 Å². The van der Waals surface area contributed by atoms with Crippen LogP contribution in [0.4, 0.5) is 0 Å². The molecule has 2 aromatic rings. The fourth-order valence-corrected chi connectivity index (χ4v) is 3.67. The highest BCUT2D eigenvalue weighted by molar-refractivity contribution is 5.99. The summed E-state index contributed by atoms with van der Waals surface area (Å²) in [5.74, 6) is -0.871. The molecule has 2 atom stereocenters. The van der Waals surface area contributed by atoms with Gasteiger partial charge in [0.15, 0.2) is 6.10 Å². The van der Waals surface area contributed by atoms with E-state index in [1.165, 1.54) is 0 Å². The van der Waals surface area contributed by atoms with E-state index in [0.717, 1.165) is 0 Å². The quantitative estimate of drug-likeness (QED) is 0.400. The van der Waals surface area contributed by atoms with Crippen molar-refractivity contribution in [2.45, 2.75) is 57.3 Å². The molecular weight excluding hydrogens is 438 g/mol. The maximum Gasteiger partial charge on any atom is 0.336 e. The molecule has 0 unspecified atom stereocenters. The van der Waals surface area contributed by atoms with Crippen molar-refractivity contribution in [1.29, 1.82) is 0 Å². The summed E-state index contributed by atoms with van der Waals surface area (Å²) in [4.78, 5) is 29.5. The number of carboxylic acid groups (broad SMARTS) is 1. The average molecular weight is 470 g/mol. The van der Waals surface area contributed by atoms with Crippen LogP contribution in [0.3, 0.4) is 0 Å². The van der Waals surface area contributed by atoms with Crippen molar-refractivity contribution < 1.29 is 34.0 Å². The second-order valence-corrected chi connectivity index (χ2v) is 9.09. The molecule has 0 aromatic heterocycles. The molecule has 34 heavy (non-hydrogen) atoms. The number of aliphatic imine (C=N–C) groups is 1. The van der Waals surface area contributed by atoms with E-state index in [-0.39, 0.29) is 25.3 Å². The van der Waals surface area contributed by atoms with Crippen molar-refractivity contribution in [3.63, 3.8) is 0 Å². The third kappa shape index (κ3) is 6.14. The van der Waals surface area contributed by atoms with Gasteiger partial charge in [-0.25, -0.2) is 9.79 Å². The molecule has 0 radical (unpaired) electrons. The SMILES string of the molecule is CC(C)(C)OC(=O)CC[C@]1(C(=O)O)N=C(c2ccc(OCCCO)cc2)O[C@H]1c1ccccc1. The highest BCUT2D eigenvalue weighted by Crippen LogP contribution is 2.43. The van der Waals surface area contributed by atoms with Crippen molar-refractivity contribution in [2.75, 3.05) is 13.2 Å². The van der Waals surface area contributed by atoms with E-state index in [2.05, 4.69) is 4.99 Å². The van der Waals surface area contributed by atoms with E-state index in [4.69, 9.17) is 19.3 Å². The van der Waals surface area contributed by atoms with Crippen LogP contribution in [0, 0.1) is 0 Å². The Balaban J connectivity index is 1.90. The Bertz CT molecular complexity index is 1010. The number of carbonyl (C=O) groups excluding carboxylic acids is 1. The van der Waals surface area contributed by atoms with Crippen LogP contribution in [0.1, 0.15) is 57.3 Å². The van der Waals surface area contributed by atoms with Gasteiger partial charge in [-0.15, -0.1) is 0 Å². The molecule has 8 nitrogen and oxygen atoms in total. The summed E-state index contributed by atoms with van der Waals surface area (Å²) in [5, 5.41) is 19.2. The van der Waals surface area contributed by atoms with Gasteiger partial charge < -0.3 is 24.4 Å². The Labute approximate surface area is 199 Å². The summed E-state index contributed by atoms with van der Waals surface area (Å²) in [7, 11) is 0. The normalized spacial score (nSPS) is 19.8. The van der Waals surface area contributed by atoms with Crippen LogP contribution in [0.2, 0.25) is 0 Å². The molecule has 1 aliphatic rings. The lowest BCUT2D eigenvalue weighted by molar-refractivity contribution is -0.156. The highest BCUT2D eigenvalue weighted by atomic mass is 16.6. The van der Waals surface area contributed by atoms with Gasteiger partial charge in [0.1, 0.15) is 11.4 Å². The van der Waals surface area contributed by atoms with Crippen LogP contribution in [0.5, 0.6) is 5.75 Å². The Kier molecular flexibility index (Phi) is 7.94. The Hall–Kier alpha value is -3.39. The fourth-order valence-electron chi connectivity index (χ4n) is 3.67. The van der Waals surface area contributed by atoms with Gasteiger partial charge in [-0.1, -0.05) is 30.3 Å². The number of esters is 1. The number of nitrogens with zero attached hydrogens (tertiary/aromatic N) is 1. The van der Waals surface area contributed by atoms with Crippen molar-refractivity contribution in [1.82, 2.24) is 0 Å². The molecule has 1 heterocycles. The molecule has 0 spiro atoms. The zero-order valence-electron chi connectivity index (χ0n) is 19.7. The number of hydrogen-bond acceptors (Lipinski definition) is 7. The van der Waals surface area contributed by atoms with Gasteiger partial charge in [0, 0.05) is 25.0 Å². The first-order chi connectivity index (χ1) is 16.1. The summed E-state index contributed by atoms with van der Waals surface area (Å²) < 4.78 is 17.1. The minimum atomic E-state index is -1.69. The number of rotatable bonds is 10. The number of aliphatic carboxylic acids is 1. The number of carboxylic acids is 1. The molecule has 0 fully saturated rings. The summed E-state index contributed by atoms with van der Waals surface area (Å²) in [5.41, 5.74) is -1.12. The first-order valence-corrected chi connectivity index (χ1v) is 11.3. The Morgan fingerprint density at radius 1 is 1.09 bits per heavy atom. The molecule has 0 saturated carbocycles. The van der Waals surface area contributed by atoms with Crippen molar-refractivity contribution >= 4 is 17.8 Å². The van der Waals surface area contributed by atoms with E-state index in [9.17, 15) is 14.7 Å². The van der Waals surface area contributed by atoms with Crippen LogP contribution < -0.4 is 4.74 Å². The third-order valence-corrected chi connectivity index (χ3v) is 5.24. The van der Waals surface area contributed by atoms with Gasteiger partial charge in [-0.05, 0) is 57.0 Å². The standard InChI is InChI=1S/C26H31NO7/c1-25(2,3)34-21(29)14-15-26(24(30)31)22(18-8-5-4-6-9-18)33-23(27-26)19-10-12-20(13-11-19)32-17-7-16-28/h4-6,8-13,22,28H,7,14-17H2,1-3H3,(H,30,31)/t22-,26-/m0/s1. The minimum absolute atomic E-state index is 0.0458. The van der Waals surface area contributed by atoms with Crippen molar-refractivity contribution in [2.24, 2.45) is 4.99 Å². The van der Waals surface area contributed by atoms with Gasteiger partial charge in [0.25, 0.3) is 0 Å². The number of carbonyl (C=O) groups is 2. The van der Waals surface area contributed by atoms with Crippen molar-refractivity contribution in [3.05, 3.63) is 65.7 Å². The Morgan fingerprint density at radius 2 is 1.76 bits per heavy atom. The largest absolute Gasteiger partial charge is 0.494 e. The topological polar surface area (TPSA) is 115 Å². The first kappa shape index (κ1) is 25.2. The van der Waals surface area contributed by atoms with E-state index >= 15 is 0 Å². The summed E-state index contributed by atoms with van der Waals surface area (Å²) in [6.45, 7) is 5.71. The van der Waals surface area contributed by atoms with Crippen LogP contribution >= 0.6 is 0 Å². The van der Waals surface area contributed by atoms with Crippen LogP contribution in [0.15, 0.2) is 59.6 Å². The molecule has 0 aliphatic carbocycles. The number of aliphatic hydroxyl groups is 1.